The molecule has 0 bridgehead atoms. The lowest BCUT2D eigenvalue weighted by molar-refractivity contribution is -0.143. The lowest BCUT2D eigenvalue weighted by Gasteiger charge is -2.15. The van der Waals surface area contributed by atoms with Crippen LogP contribution in [0.5, 0.6) is 11.5 Å². The number of ether oxygens (including phenoxy) is 3. The second kappa shape index (κ2) is 9.56. The van der Waals surface area contributed by atoms with Crippen molar-refractivity contribution in [3.63, 3.8) is 0 Å². The first-order chi connectivity index (χ1) is 15.5. The Balaban J connectivity index is 1.81. The Morgan fingerprint density at radius 1 is 1.03 bits per heavy atom. The number of carbonyl (C=O) groups excluding carboxylic acids is 2. The van der Waals surface area contributed by atoms with Crippen molar-refractivity contribution in [3.8, 4) is 11.5 Å². The average molecular weight is 455 g/mol. The van der Waals surface area contributed by atoms with Crippen molar-refractivity contribution in [2.75, 3.05) is 20.8 Å². The number of amides is 1. The average Bonchev–Trinajstić information content (AvgIpc) is 3.13. The maximum absolute atomic E-state index is 13.0. The van der Waals surface area contributed by atoms with Crippen LogP contribution >= 0.6 is 11.3 Å². The van der Waals surface area contributed by atoms with E-state index >= 15 is 0 Å². The van der Waals surface area contributed by atoms with Crippen molar-refractivity contribution in [2.45, 2.75) is 39.2 Å². The van der Waals surface area contributed by atoms with E-state index in [-0.39, 0.29) is 19.1 Å². The van der Waals surface area contributed by atoms with E-state index in [9.17, 15) is 9.59 Å². The fraction of sp³-hybridized carbons (Fsp3) is 0.375. The van der Waals surface area contributed by atoms with Crippen LogP contribution in [-0.2, 0) is 28.9 Å². The molecule has 0 unspecified atom stereocenters. The van der Waals surface area contributed by atoms with Crippen molar-refractivity contribution >= 4 is 33.4 Å². The van der Waals surface area contributed by atoms with Crippen LogP contribution in [-0.4, -0.2) is 37.3 Å². The van der Waals surface area contributed by atoms with E-state index in [0.717, 1.165) is 29.5 Å². The number of esters is 1. The number of fused-ring (bicyclic) bond motifs is 2. The molecular weight excluding hydrogens is 428 g/mol. The minimum Gasteiger partial charge on any atom is -0.493 e. The van der Waals surface area contributed by atoms with E-state index in [0.29, 0.717) is 21.9 Å². The van der Waals surface area contributed by atoms with Gasteiger partial charge in [-0.3, -0.25) is 9.59 Å². The summed E-state index contributed by atoms with van der Waals surface area (Å²) in [6.45, 7) is 1.98. The van der Waals surface area contributed by atoms with Crippen LogP contribution in [0.15, 0.2) is 35.3 Å². The van der Waals surface area contributed by atoms with Gasteiger partial charge in [-0.05, 0) is 55.9 Å². The monoisotopic (exact) mass is 454 g/mol. The Hall–Kier alpha value is -3.13. The Labute approximate surface area is 190 Å². The molecule has 4 rings (SSSR count). The standard InChI is InChI=1S/C24H26N2O5S/c1-4-31-22(27)14-26-18-12-19(29-2)20(30-3)13-21(18)32-24(26)25-23(28)17-10-9-15-7-5-6-8-16(15)11-17/h9-13H,4-8,14H2,1-3H3. The number of hydrogen-bond acceptors (Lipinski definition) is 6. The second-order valence-corrected chi connectivity index (χ2v) is 8.57. The molecule has 3 aromatic rings. The number of benzene rings is 2. The molecule has 1 aromatic heterocycles. The summed E-state index contributed by atoms with van der Waals surface area (Å²) in [5.41, 5.74) is 3.81. The minimum absolute atomic E-state index is 0.0559. The maximum atomic E-state index is 13.0. The SMILES string of the molecule is CCOC(=O)Cn1c(=NC(=O)c2ccc3c(c2)CCCC3)sc2cc(OC)c(OC)cc21. The molecule has 1 aliphatic rings. The van der Waals surface area contributed by atoms with Crippen molar-refractivity contribution in [1.82, 2.24) is 4.57 Å². The van der Waals surface area contributed by atoms with Gasteiger partial charge in [-0.1, -0.05) is 17.4 Å². The summed E-state index contributed by atoms with van der Waals surface area (Å²) in [6, 6.07) is 9.43. The molecule has 0 saturated carbocycles. The van der Waals surface area contributed by atoms with E-state index in [1.54, 1.807) is 31.8 Å². The Morgan fingerprint density at radius 3 is 2.47 bits per heavy atom. The fourth-order valence-corrected chi connectivity index (χ4v) is 5.03. The van der Waals surface area contributed by atoms with Gasteiger partial charge in [0.1, 0.15) is 6.54 Å². The summed E-state index contributed by atoms with van der Waals surface area (Å²) < 4.78 is 18.5. The lowest BCUT2D eigenvalue weighted by atomic mass is 9.90. The van der Waals surface area contributed by atoms with Crippen LogP contribution < -0.4 is 14.3 Å². The Bertz CT molecular complexity index is 1240. The predicted octanol–water partition coefficient (Wildman–Crippen LogP) is 3.90. The molecule has 32 heavy (non-hydrogen) atoms. The number of rotatable bonds is 6. The van der Waals surface area contributed by atoms with Gasteiger partial charge in [0.15, 0.2) is 16.3 Å². The third-order valence-corrected chi connectivity index (χ3v) is 6.61. The Morgan fingerprint density at radius 2 is 1.75 bits per heavy atom. The molecule has 0 fully saturated rings. The third kappa shape index (κ3) is 4.41. The van der Waals surface area contributed by atoms with Crippen molar-refractivity contribution in [1.29, 1.82) is 0 Å². The highest BCUT2D eigenvalue weighted by Crippen LogP contribution is 2.33. The van der Waals surface area contributed by atoms with Crippen LogP contribution in [0.3, 0.4) is 0 Å². The zero-order valence-electron chi connectivity index (χ0n) is 18.5. The number of carbonyl (C=O) groups is 2. The Kier molecular flexibility index (Phi) is 6.60. The van der Waals surface area contributed by atoms with Crippen LogP contribution in [0, 0.1) is 0 Å². The number of aryl methyl sites for hydroxylation is 2. The molecule has 1 aliphatic carbocycles. The largest absolute Gasteiger partial charge is 0.493 e. The van der Waals surface area contributed by atoms with E-state index < -0.39 is 5.97 Å². The molecule has 0 atom stereocenters. The quantitative estimate of drug-likeness (QED) is 0.528. The molecular formula is C24H26N2O5S. The third-order valence-electron chi connectivity index (χ3n) is 5.57. The van der Waals surface area contributed by atoms with E-state index in [1.165, 1.54) is 28.9 Å². The molecule has 2 aromatic carbocycles. The number of hydrogen-bond donors (Lipinski definition) is 0. The van der Waals surface area contributed by atoms with Gasteiger partial charge in [-0.15, -0.1) is 0 Å². The number of aromatic nitrogens is 1. The lowest BCUT2D eigenvalue weighted by Crippen LogP contribution is -2.23. The van der Waals surface area contributed by atoms with Crippen molar-refractivity contribution in [2.24, 2.45) is 4.99 Å². The van der Waals surface area contributed by atoms with Gasteiger partial charge < -0.3 is 18.8 Å². The number of methoxy groups -OCH3 is 2. The molecule has 8 heteroatoms. The molecule has 1 heterocycles. The summed E-state index contributed by atoms with van der Waals surface area (Å²) in [5, 5.41) is 0. The molecule has 1 amide bonds. The van der Waals surface area contributed by atoms with Gasteiger partial charge in [0.2, 0.25) is 0 Å². The van der Waals surface area contributed by atoms with Crippen LogP contribution in [0.2, 0.25) is 0 Å². The first-order valence-corrected chi connectivity index (χ1v) is 11.5. The summed E-state index contributed by atoms with van der Waals surface area (Å²) >= 11 is 1.32. The van der Waals surface area contributed by atoms with Gasteiger partial charge >= 0.3 is 5.97 Å². The van der Waals surface area contributed by atoms with E-state index in [2.05, 4.69) is 4.99 Å². The van der Waals surface area contributed by atoms with Crippen LogP contribution in [0.25, 0.3) is 10.2 Å². The topological polar surface area (TPSA) is 79.1 Å². The van der Waals surface area contributed by atoms with Gasteiger partial charge in [0.25, 0.3) is 5.91 Å². The zero-order chi connectivity index (χ0) is 22.7. The molecule has 0 aliphatic heterocycles. The minimum atomic E-state index is -0.398. The van der Waals surface area contributed by atoms with Gasteiger partial charge in [0.05, 0.1) is 31.0 Å². The zero-order valence-corrected chi connectivity index (χ0v) is 19.3. The van der Waals surface area contributed by atoms with Crippen LogP contribution in [0.4, 0.5) is 0 Å². The van der Waals surface area contributed by atoms with Gasteiger partial charge in [-0.2, -0.15) is 4.99 Å². The van der Waals surface area contributed by atoms with Gasteiger partial charge in [0, 0.05) is 17.7 Å². The normalized spacial score (nSPS) is 13.7. The molecule has 168 valence electrons. The molecule has 0 spiro atoms. The molecule has 7 nitrogen and oxygen atoms in total. The summed E-state index contributed by atoms with van der Waals surface area (Å²) in [7, 11) is 3.12. The number of nitrogens with zero attached hydrogens (tertiary/aromatic N) is 2. The second-order valence-electron chi connectivity index (χ2n) is 7.56. The van der Waals surface area contributed by atoms with Crippen molar-refractivity contribution < 1.29 is 23.8 Å². The summed E-state index contributed by atoms with van der Waals surface area (Å²) in [4.78, 5) is 30.1. The molecule has 0 radical (unpaired) electrons. The first kappa shape index (κ1) is 22.1. The molecule has 0 saturated heterocycles. The fourth-order valence-electron chi connectivity index (χ4n) is 3.99. The number of thiazole rings is 1. The summed E-state index contributed by atoms with van der Waals surface area (Å²) in [6.07, 6.45) is 4.37. The van der Waals surface area contributed by atoms with E-state index in [4.69, 9.17) is 14.2 Å². The molecule has 0 N–H and O–H groups in total. The highest BCUT2D eigenvalue weighted by molar-refractivity contribution is 7.16. The predicted molar refractivity (Wildman–Crippen MR) is 123 cm³/mol. The summed E-state index contributed by atoms with van der Waals surface area (Å²) in [5.74, 6) is 0.367. The maximum Gasteiger partial charge on any atom is 0.326 e. The smallest absolute Gasteiger partial charge is 0.326 e. The van der Waals surface area contributed by atoms with Crippen molar-refractivity contribution in [3.05, 3.63) is 51.8 Å². The van der Waals surface area contributed by atoms with Gasteiger partial charge in [-0.25, -0.2) is 0 Å². The highest BCUT2D eigenvalue weighted by Gasteiger charge is 2.17. The van der Waals surface area contributed by atoms with E-state index in [1.807, 2.05) is 24.3 Å². The first-order valence-electron chi connectivity index (χ1n) is 10.7. The highest BCUT2D eigenvalue weighted by atomic mass is 32.1. The van der Waals surface area contributed by atoms with Crippen LogP contribution in [0.1, 0.15) is 41.3 Å².